The van der Waals surface area contributed by atoms with E-state index in [0.717, 1.165) is 0 Å². The summed E-state index contributed by atoms with van der Waals surface area (Å²) in [5.74, 6) is -0.0416. The molecule has 0 fully saturated rings. The number of nitrogens with one attached hydrogen (secondary N) is 1. The number of carbonyl (C=O) groups is 1. The van der Waals surface area contributed by atoms with Crippen LogP contribution in [0, 0.1) is 5.82 Å². The van der Waals surface area contributed by atoms with Crippen molar-refractivity contribution in [3.05, 3.63) is 35.8 Å². The molecule has 1 N–H and O–H groups in total. The monoisotopic (exact) mass is 220 g/mol. The molecule has 1 aromatic heterocycles. The lowest BCUT2D eigenvalue weighted by Gasteiger charge is -2.04. The zero-order chi connectivity index (χ0) is 11.5. The maximum Gasteiger partial charge on any atom is 0.153 e. The number of hydrogen-bond acceptors (Lipinski definition) is 3. The second-order valence-electron chi connectivity index (χ2n) is 3.16. The minimum atomic E-state index is -0.466. The van der Waals surface area contributed by atoms with Crippen molar-refractivity contribution < 1.29 is 13.9 Å². The number of aromatic nitrogens is 2. The fourth-order valence-corrected chi connectivity index (χ4v) is 1.43. The molecule has 82 valence electrons. The predicted molar refractivity (Wildman–Crippen MR) is 55.9 cm³/mol. The summed E-state index contributed by atoms with van der Waals surface area (Å²) in [5.41, 5.74) is 0.986. The first-order chi connectivity index (χ1) is 7.76. The van der Waals surface area contributed by atoms with Gasteiger partial charge in [-0.1, -0.05) is 0 Å². The highest BCUT2D eigenvalue weighted by atomic mass is 19.1. The first kappa shape index (κ1) is 10.4. The van der Waals surface area contributed by atoms with E-state index in [2.05, 4.69) is 10.2 Å². The lowest BCUT2D eigenvalue weighted by molar-refractivity contribution is 0.112. The lowest BCUT2D eigenvalue weighted by atomic mass is 10.1. The third-order valence-electron chi connectivity index (χ3n) is 2.24. The Bertz CT molecular complexity index is 522. The largest absolute Gasteiger partial charge is 0.497 e. The topological polar surface area (TPSA) is 55.0 Å². The van der Waals surface area contributed by atoms with Crippen molar-refractivity contribution in [2.24, 2.45) is 0 Å². The molecule has 0 atom stereocenters. The predicted octanol–water partition coefficient (Wildman–Crippen LogP) is 2.04. The summed E-state index contributed by atoms with van der Waals surface area (Å²) < 4.78 is 18.6. The van der Waals surface area contributed by atoms with E-state index in [1.54, 1.807) is 6.07 Å². The Balaban J connectivity index is 2.52. The van der Waals surface area contributed by atoms with Crippen molar-refractivity contribution in [2.45, 2.75) is 0 Å². The average Bonchev–Trinajstić information content (AvgIpc) is 2.76. The van der Waals surface area contributed by atoms with Crippen LogP contribution in [0.25, 0.3) is 11.3 Å². The van der Waals surface area contributed by atoms with Gasteiger partial charge in [0.2, 0.25) is 0 Å². The number of aldehydes is 1. The zero-order valence-corrected chi connectivity index (χ0v) is 8.53. The van der Waals surface area contributed by atoms with E-state index in [0.29, 0.717) is 28.9 Å². The Morgan fingerprint density at radius 3 is 2.94 bits per heavy atom. The lowest BCUT2D eigenvalue weighted by Crippen LogP contribution is -1.90. The van der Waals surface area contributed by atoms with Gasteiger partial charge in [0, 0.05) is 11.6 Å². The van der Waals surface area contributed by atoms with Crippen LogP contribution in [0.5, 0.6) is 5.75 Å². The van der Waals surface area contributed by atoms with Gasteiger partial charge in [0.05, 0.1) is 24.6 Å². The van der Waals surface area contributed by atoms with Crippen molar-refractivity contribution in [2.75, 3.05) is 7.11 Å². The minimum Gasteiger partial charge on any atom is -0.497 e. The van der Waals surface area contributed by atoms with Crippen LogP contribution in [0.1, 0.15) is 10.4 Å². The molecule has 0 bridgehead atoms. The molecule has 4 nitrogen and oxygen atoms in total. The molecule has 0 amide bonds. The van der Waals surface area contributed by atoms with Gasteiger partial charge in [-0.05, 0) is 12.1 Å². The number of rotatable bonds is 3. The molecular weight excluding hydrogens is 211 g/mol. The summed E-state index contributed by atoms with van der Waals surface area (Å²) in [6, 6.07) is 4.41. The summed E-state index contributed by atoms with van der Waals surface area (Å²) in [6.45, 7) is 0. The summed E-state index contributed by atoms with van der Waals surface area (Å²) in [6.07, 6.45) is 1.98. The molecule has 0 spiro atoms. The van der Waals surface area contributed by atoms with Gasteiger partial charge >= 0.3 is 0 Å². The molecule has 0 saturated carbocycles. The summed E-state index contributed by atoms with van der Waals surface area (Å²) >= 11 is 0. The maximum atomic E-state index is 13.7. The zero-order valence-electron chi connectivity index (χ0n) is 8.53. The van der Waals surface area contributed by atoms with Crippen LogP contribution in [0.3, 0.4) is 0 Å². The number of ether oxygens (including phenoxy) is 1. The standard InChI is InChI=1S/C11H9FN2O2/c1-16-8-2-3-9(10(12)4-8)11-7(6-15)5-13-14-11/h2-6H,1H3,(H,13,14). The Labute approximate surface area is 91.1 Å². The molecule has 0 saturated heterocycles. The fourth-order valence-electron chi connectivity index (χ4n) is 1.43. The quantitative estimate of drug-likeness (QED) is 0.805. The van der Waals surface area contributed by atoms with E-state index < -0.39 is 5.82 Å². The van der Waals surface area contributed by atoms with Gasteiger partial charge in [0.15, 0.2) is 6.29 Å². The van der Waals surface area contributed by atoms with Crippen LogP contribution in [-0.2, 0) is 0 Å². The number of nitrogens with zero attached hydrogens (tertiary/aromatic N) is 1. The first-order valence-electron chi connectivity index (χ1n) is 4.58. The molecule has 5 heteroatoms. The molecule has 0 aliphatic rings. The molecule has 0 aliphatic carbocycles. The van der Waals surface area contributed by atoms with Crippen LogP contribution in [-0.4, -0.2) is 23.6 Å². The molecule has 2 rings (SSSR count). The fraction of sp³-hybridized carbons (Fsp3) is 0.0909. The summed E-state index contributed by atoms with van der Waals surface area (Å²) in [4.78, 5) is 10.7. The van der Waals surface area contributed by atoms with Crippen LogP contribution in [0.2, 0.25) is 0 Å². The van der Waals surface area contributed by atoms with E-state index in [4.69, 9.17) is 4.74 Å². The van der Waals surface area contributed by atoms with Crippen LogP contribution < -0.4 is 4.74 Å². The molecule has 0 radical (unpaired) electrons. The molecule has 1 heterocycles. The SMILES string of the molecule is COc1ccc(-c2[nH]ncc2C=O)c(F)c1. The van der Waals surface area contributed by atoms with Gasteiger partial charge in [-0.2, -0.15) is 5.10 Å². The Kier molecular flexibility index (Phi) is 2.68. The van der Waals surface area contributed by atoms with Gasteiger partial charge in [0.25, 0.3) is 0 Å². The molecular formula is C11H9FN2O2. The summed E-state index contributed by atoms with van der Waals surface area (Å²) in [5, 5.41) is 6.29. The normalized spacial score (nSPS) is 10.1. The molecule has 1 aromatic carbocycles. The molecule has 0 aliphatic heterocycles. The highest BCUT2D eigenvalue weighted by Crippen LogP contribution is 2.26. The van der Waals surface area contributed by atoms with Crippen molar-refractivity contribution >= 4 is 6.29 Å². The van der Waals surface area contributed by atoms with Crippen LogP contribution in [0.4, 0.5) is 4.39 Å². The van der Waals surface area contributed by atoms with Crippen LogP contribution >= 0.6 is 0 Å². The summed E-state index contributed by atoms with van der Waals surface area (Å²) in [7, 11) is 1.46. The van der Waals surface area contributed by atoms with Gasteiger partial charge in [-0.15, -0.1) is 0 Å². The third kappa shape index (κ3) is 1.67. The number of carbonyl (C=O) groups excluding carboxylic acids is 1. The van der Waals surface area contributed by atoms with Crippen LogP contribution in [0.15, 0.2) is 24.4 Å². The number of hydrogen-bond donors (Lipinski definition) is 1. The van der Waals surface area contributed by atoms with Gasteiger partial charge in [-0.3, -0.25) is 9.89 Å². The van der Waals surface area contributed by atoms with Gasteiger partial charge in [0.1, 0.15) is 11.6 Å². The highest BCUT2D eigenvalue weighted by Gasteiger charge is 2.12. The number of halogens is 1. The van der Waals surface area contributed by atoms with E-state index >= 15 is 0 Å². The number of methoxy groups -OCH3 is 1. The molecule has 0 unspecified atom stereocenters. The van der Waals surface area contributed by atoms with Crippen molar-refractivity contribution in [1.82, 2.24) is 10.2 Å². The Morgan fingerprint density at radius 1 is 1.50 bits per heavy atom. The second kappa shape index (κ2) is 4.14. The number of benzene rings is 1. The van der Waals surface area contributed by atoms with E-state index in [1.807, 2.05) is 0 Å². The van der Waals surface area contributed by atoms with Gasteiger partial charge < -0.3 is 4.74 Å². The van der Waals surface area contributed by atoms with Gasteiger partial charge in [-0.25, -0.2) is 4.39 Å². The smallest absolute Gasteiger partial charge is 0.153 e. The molecule has 2 aromatic rings. The number of aromatic amines is 1. The van der Waals surface area contributed by atoms with E-state index in [-0.39, 0.29) is 0 Å². The molecule has 16 heavy (non-hydrogen) atoms. The minimum absolute atomic E-state index is 0.292. The van der Waals surface area contributed by atoms with E-state index in [9.17, 15) is 9.18 Å². The van der Waals surface area contributed by atoms with Crippen molar-refractivity contribution in [3.8, 4) is 17.0 Å². The Hall–Kier alpha value is -2.17. The average molecular weight is 220 g/mol. The first-order valence-corrected chi connectivity index (χ1v) is 4.58. The third-order valence-corrected chi connectivity index (χ3v) is 2.24. The van der Waals surface area contributed by atoms with E-state index in [1.165, 1.54) is 25.4 Å². The Morgan fingerprint density at radius 2 is 2.31 bits per heavy atom. The second-order valence-corrected chi connectivity index (χ2v) is 3.16. The number of H-pyrrole nitrogens is 1. The van der Waals surface area contributed by atoms with Crippen molar-refractivity contribution in [3.63, 3.8) is 0 Å². The highest BCUT2D eigenvalue weighted by molar-refractivity contribution is 5.85. The van der Waals surface area contributed by atoms with Crippen molar-refractivity contribution in [1.29, 1.82) is 0 Å². The maximum absolute atomic E-state index is 13.7.